The molecule has 8 rings (SSSR count). The summed E-state index contributed by atoms with van der Waals surface area (Å²) in [4.78, 5) is 28.5. The summed E-state index contributed by atoms with van der Waals surface area (Å²) in [5.41, 5.74) is 5.72. The van der Waals surface area contributed by atoms with Crippen molar-refractivity contribution in [3.05, 3.63) is 128 Å². The van der Waals surface area contributed by atoms with E-state index in [4.69, 9.17) is 31.8 Å². The summed E-state index contributed by atoms with van der Waals surface area (Å²) < 4.78 is 26.0. The zero-order valence-corrected chi connectivity index (χ0v) is 37.1. The van der Waals surface area contributed by atoms with Crippen molar-refractivity contribution >= 4 is 11.9 Å². The standard InChI is InChI=1S/C56H64O6/c1-5-9-11-13-15-17-19-21-26-59-51-30-41(7-3)28-49(35-51)55-37-45-33-47-39-56(40-48(47)34-46(45)38-55,62-54(58)44-25-23-24-43(32-44)53(57)61-55)50-29-42(8-4)31-52(36-50)60-27-22-20-18-16-14-12-10-6-2/h3-4,23-25,28-36H,5-6,9-22,26-27,37-40H2,1-2H3. The maximum absolute atomic E-state index is 14.3. The molecule has 0 unspecified atom stereocenters. The van der Waals surface area contributed by atoms with Gasteiger partial charge in [-0.05, 0) is 89.7 Å². The van der Waals surface area contributed by atoms with Crippen LogP contribution in [0.3, 0.4) is 0 Å². The molecule has 6 heteroatoms. The molecule has 0 saturated carbocycles. The largest absolute Gasteiger partial charge is 0.494 e. The highest BCUT2D eigenvalue weighted by atomic mass is 16.6. The van der Waals surface area contributed by atoms with Crippen LogP contribution in [-0.4, -0.2) is 25.2 Å². The lowest BCUT2D eigenvalue weighted by Gasteiger charge is -2.32. The van der Waals surface area contributed by atoms with E-state index in [1.165, 1.54) is 77.0 Å². The number of rotatable bonds is 22. The summed E-state index contributed by atoms with van der Waals surface area (Å²) in [5.74, 6) is 5.92. The summed E-state index contributed by atoms with van der Waals surface area (Å²) >= 11 is 0. The molecule has 0 aromatic heterocycles. The Morgan fingerprint density at radius 2 is 0.871 bits per heavy atom. The predicted molar refractivity (Wildman–Crippen MR) is 247 cm³/mol. The van der Waals surface area contributed by atoms with E-state index in [-0.39, 0.29) is 11.1 Å². The van der Waals surface area contributed by atoms with Crippen molar-refractivity contribution < 1.29 is 28.5 Å². The van der Waals surface area contributed by atoms with E-state index in [1.807, 2.05) is 36.4 Å². The number of terminal acetylenes is 2. The second-order valence-electron chi connectivity index (χ2n) is 17.9. The molecule has 6 nitrogen and oxygen atoms in total. The topological polar surface area (TPSA) is 71.1 Å². The van der Waals surface area contributed by atoms with Crippen LogP contribution in [-0.2, 0) is 46.4 Å². The van der Waals surface area contributed by atoms with Gasteiger partial charge in [0.1, 0.15) is 22.7 Å². The zero-order chi connectivity index (χ0) is 43.4. The van der Waals surface area contributed by atoms with Crippen LogP contribution in [0.2, 0.25) is 0 Å². The third-order valence-electron chi connectivity index (χ3n) is 13.1. The van der Waals surface area contributed by atoms with Gasteiger partial charge in [-0.2, -0.15) is 0 Å². The van der Waals surface area contributed by atoms with Gasteiger partial charge >= 0.3 is 11.9 Å². The predicted octanol–water partition coefficient (Wildman–Crippen LogP) is 12.7. The normalized spacial score (nSPS) is 18.5. The fourth-order valence-electron chi connectivity index (χ4n) is 9.63. The van der Waals surface area contributed by atoms with Crippen molar-refractivity contribution in [3.8, 4) is 36.2 Å². The molecule has 0 radical (unpaired) electrons. The first kappa shape index (κ1) is 44.6. The highest BCUT2D eigenvalue weighted by molar-refractivity contribution is 5.96. The first-order valence-corrected chi connectivity index (χ1v) is 23.5. The molecule has 8 bridgehead atoms. The number of fused-ring (bicyclic) bond motifs is 2. The lowest BCUT2D eigenvalue weighted by Crippen LogP contribution is -2.35. The van der Waals surface area contributed by atoms with E-state index in [1.54, 1.807) is 24.3 Å². The maximum Gasteiger partial charge on any atom is 0.339 e. The summed E-state index contributed by atoms with van der Waals surface area (Å²) in [6.07, 6.45) is 33.3. The van der Waals surface area contributed by atoms with Gasteiger partial charge in [0, 0.05) is 47.9 Å². The molecule has 324 valence electrons. The number of benzene rings is 4. The molecule has 0 N–H and O–H groups in total. The number of ether oxygens (including phenoxy) is 4. The Labute approximate surface area is 370 Å². The third-order valence-corrected chi connectivity index (χ3v) is 13.1. The van der Waals surface area contributed by atoms with Crippen molar-refractivity contribution in [2.45, 2.75) is 153 Å². The fraction of sp³-hybridized carbons (Fsp3) is 0.464. The van der Waals surface area contributed by atoms with Gasteiger partial charge < -0.3 is 18.9 Å². The van der Waals surface area contributed by atoms with Gasteiger partial charge in [-0.25, -0.2) is 9.59 Å². The molecule has 4 aromatic carbocycles. The van der Waals surface area contributed by atoms with Crippen LogP contribution in [0.4, 0.5) is 0 Å². The van der Waals surface area contributed by atoms with Crippen molar-refractivity contribution in [2.24, 2.45) is 0 Å². The number of esters is 2. The molecule has 0 spiro atoms. The van der Waals surface area contributed by atoms with Crippen LogP contribution in [0.1, 0.15) is 182 Å². The van der Waals surface area contributed by atoms with Crippen molar-refractivity contribution in [2.75, 3.05) is 13.2 Å². The first-order chi connectivity index (χ1) is 30.3. The van der Waals surface area contributed by atoms with E-state index >= 15 is 0 Å². The minimum atomic E-state index is -1.04. The van der Waals surface area contributed by atoms with Crippen LogP contribution >= 0.6 is 0 Å². The molecule has 4 aliphatic rings. The van der Waals surface area contributed by atoms with E-state index in [2.05, 4.69) is 37.8 Å². The molecule has 2 aliphatic carbocycles. The minimum absolute atomic E-state index is 0.265. The summed E-state index contributed by atoms with van der Waals surface area (Å²) in [6, 6.07) is 22.7. The Morgan fingerprint density at radius 1 is 0.500 bits per heavy atom. The lowest BCUT2D eigenvalue weighted by molar-refractivity contribution is -0.0175. The van der Waals surface area contributed by atoms with Crippen LogP contribution in [0.15, 0.2) is 72.8 Å². The third kappa shape index (κ3) is 10.8. The smallest absolute Gasteiger partial charge is 0.339 e. The molecule has 0 fully saturated rings. The quantitative estimate of drug-likeness (QED) is 0.0446. The van der Waals surface area contributed by atoms with Gasteiger partial charge in [0.25, 0.3) is 0 Å². The average molecular weight is 833 g/mol. The van der Waals surface area contributed by atoms with Crippen LogP contribution < -0.4 is 9.47 Å². The Balaban J connectivity index is 1.16. The Hall–Kier alpha value is -5.46. The fourth-order valence-corrected chi connectivity index (χ4v) is 9.63. The molecule has 2 aliphatic heterocycles. The van der Waals surface area contributed by atoms with Gasteiger partial charge in [-0.3, -0.25) is 0 Å². The van der Waals surface area contributed by atoms with Crippen molar-refractivity contribution in [3.63, 3.8) is 0 Å². The maximum atomic E-state index is 14.3. The van der Waals surface area contributed by atoms with E-state index < -0.39 is 23.1 Å². The molecule has 2 heterocycles. The minimum Gasteiger partial charge on any atom is -0.494 e. The lowest BCUT2D eigenvalue weighted by atomic mass is 9.87. The highest BCUT2D eigenvalue weighted by Gasteiger charge is 2.48. The van der Waals surface area contributed by atoms with Crippen LogP contribution in [0.5, 0.6) is 11.5 Å². The number of carbonyl (C=O) groups is 2. The van der Waals surface area contributed by atoms with Crippen molar-refractivity contribution in [1.82, 2.24) is 0 Å². The number of unbranched alkanes of at least 4 members (excludes halogenated alkanes) is 14. The van der Waals surface area contributed by atoms with Gasteiger partial charge in [-0.15, -0.1) is 12.8 Å². The number of carbonyl (C=O) groups excluding carboxylic acids is 2. The molecule has 0 atom stereocenters. The molecule has 62 heavy (non-hydrogen) atoms. The van der Waals surface area contributed by atoms with E-state index in [0.717, 1.165) is 59.1 Å². The first-order valence-electron chi connectivity index (χ1n) is 23.5. The molecule has 0 saturated heterocycles. The second-order valence-corrected chi connectivity index (χ2v) is 17.9. The number of hydrogen-bond acceptors (Lipinski definition) is 6. The van der Waals surface area contributed by atoms with Crippen LogP contribution in [0, 0.1) is 24.7 Å². The SMILES string of the molecule is C#Cc1cc(OCCCCCCCCCC)cc(C23Cc4cc5c(cc4C2)CC(c2cc(C#C)cc(OCCCCCCCCCC)c2)(C5)OC(=O)c2cccc(c2)C(=O)O3)c1. The van der Waals surface area contributed by atoms with Crippen molar-refractivity contribution in [1.29, 1.82) is 0 Å². The van der Waals surface area contributed by atoms with E-state index in [9.17, 15) is 9.59 Å². The Bertz CT molecular complexity index is 2100. The average Bonchev–Trinajstić information content (AvgIpc) is 3.83. The Morgan fingerprint density at radius 3 is 1.24 bits per heavy atom. The summed E-state index contributed by atoms with van der Waals surface area (Å²) in [5, 5.41) is 0. The van der Waals surface area contributed by atoms with Gasteiger partial charge in [0.15, 0.2) is 0 Å². The van der Waals surface area contributed by atoms with E-state index in [0.29, 0.717) is 61.5 Å². The Kier molecular flexibility index (Phi) is 15.2. The molecular weight excluding hydrogens is 769 g/mol. The van der Waals surface area contributed by atoms with Gasteiger partial charge in [0.2, 0.25) is 0 Å². The van der Waals surface area contributed by atoms with Gasteiger partial charge in [-0.1, -0.05) is 134 Å². The summed E-state index contributed by atoms with van der Waals surface area (Å²) in [6.45, 7) is 5.66. The molecule has 4 aromatic rings. The number of hydrogen-bond donors (Lipinski definition) is 0. The second kappa shape index (κ2) is 21.1. The molecule has 0 amide bonds. The monoisotopic (exact) mass is 832 g/mol. The molecular formula is C56H64O6. The van der Waals surface area contributed by atoms with Gasteiger partial charge in [0.05, 0.1) is 24.3 Å². The van der Waals surface area contributed by atoms with Crippen LogP contribution in [0.25, 0.3) is 0 Å². The summed E-state index contributed by atoms with van der Waals surface area (Å²) in [7, 11) is 0. The highest BCUT2D eigenvalue weighted by Crippen LogP contribution is 2.49. The zero-order valence-electron chi connectivity index (χ0n) is 37.1.